The highest BCUT2D eigenvalue weighted by Gasteiger charge is 2.27. The van der Waals surface area contributed by atoms with Crippen molar-refractivity contribution in [3.8, 4) is 11.5 Å². The molecule has 0 saturated heterocycles. The maximum absolute atomic E-state index is 12.5. The van der Waals surface area contributed by atoms with E-state index in [1.165, 1.54) is 0 Å². The second-order valence-corrected chi connectivity index (χ2v) is 6.58. The van der Waals surface area contributed by atoms with Gasteiger partial charge in [-0.05, 0) is 30.3 Å². The molecular weight excluding hydrogens is 367 g/mol. The Morgan fingerprint density at radius 2 is 1.81 bits per heavy atom. The van der Waals surface area contributed by atoms with Crippen molar-refractivity contribution in [3.05, 3.63) is 48.0 Å². The number of rotatable bonds is 4. The van der Waals surface area contributed by atoms with Crippen LogP contribution in [0.5, 0.6) is 11.5 Å². The first-order chi connectivity index (χ1) is 12.4. The molecule has 138 valence electrons. The largest absolute Gasteiger partial charge is 0.490 e. The van der Waals surface area contributed by atoms with Crippen LogP contribution < -0.4 is 14.8 Å². The van der Waals surface area contributed by atoms with Crippen LogP contribution in [-0.2, 0) is 0 Å². The van der Waals surface area contributed by atoms with Crippen molar-refractivity contribution in [1.29, 1.82) is 0 Å². The maximum atomic E-state index is 12.5. The highest BCUT2D eigenvalue weighted by atomic mass is 32.2. The van der Waals surface area contributed by atoms with Crippen molar-refractivity contribution in [2.24, 2.45) is 0 Å². The van der Waals surface area contributed by atoms with Crippen molar-refractivity contribution < 1.29 is 27.4 Å². The predicted molar refractivity (Wildman–Crippen MR) is 93.2 cm³/mol. The minimum atomic E-state index is -4.28. The van der Waals surface area contributed by atoms with E-state index in [0.29, 0.717) is 52.6 Å². The maximum Gasteiger partial charge on any atom is 0.398 e. The van der Waals surface area contributed by atoms with Crippen LogP contribution in [0.1, 0.15) is 16.8 Å². The summed E-state index contributed by atoms with van der Waals surface area (Å²) in [5.74, 6) is -0.403. The molecule has 2 aromatic rings. The first-order valence-electron chi connectivity index (χ1n) is 7.92. The van der Waals surface area contributed by atoms with Crippen LogP contribution in [0, 0.1) is 0 Å². The molecule has 0 saturated carbocycles. The molecule has 0 radical (unpaired) electrons. The summed E-state index contributed by atoms with van der Waals surface area (Å²) in [6.45, 7) is 1.04. The Hall–Kier alpha value is -2.35. The molecule has 26 heavy (non-hydrogen) atoms. The van der Waals surface area contributed by atoms with E-state index in [1.54, 1.807) is 42.5 Å². The molecule has 0 bridgehead atoms. The first kappa shape index (κ1) is 18.4. The van der Waals surface area contributed by atoms with Gasteiger partial charge in [0.2, 0.25) is 0 Å². The lowest BCUT2D eigenvalue weighted by atomic mass is 10.2. The van der Waals surface area contributed by atoms with E-state index in [2.05, 4.69) is 5.32 Å². The van der Waals surface area contributed by atoms with Crippen molar-refractivity contribution in [1.82, 2.24) is 0 Å². The molecule has 3 rings (SSSR count). The SMILES string of the molecule is O=C(Nc1ccccc1SCC(F)(F)F)c1ccc2c(c1)OCCCO2. The Morgan fingerprint density at radius 1 is 1.08 bits per heavy atom. The molecule has 1 heterocycles. The summed E-state index contributed by atoms with van der Waals surface area (Å²) >= 11 is 0.632. The monoisotopic (exact) mass is 383 g/mol. The summed E-state index contributed by atoms with van der Waals surface area (Å²) in [7, 11) is 0. The molecule has 0 atom stereocenters. The lowest BCUT2D eigenvalue weighted by Gasteiger charge is -2.13. The van der Waals surface area contributed by atoms with Crippen molar-refractivity contribution in [2.75, 3.05) is 24.3 Å². The second-order valence-electron chi connectivity index (χ2n) is 5.57. The van der Waals surface area contributed by atoms with Gasteiger partial charge in [0.25, 0.3) is 5.91 Å². The van der Waals surface area contributed by atoms with E-state index in [1.807, 2.05) is 0 Å². The van der Waals surface area contributed by atoms with Crippen LogP contribution in [0.15, 0.2) is 47.4 Å². The number of carbonyl (C=O) groups excluding carboxylic acids is 1. The van der Waals surface area contributed by atoms with E-state index in [-0.39, 0.29) is 0 Å². The van der Waals surface area contributed by atoms with Crippen molar-refractivity contribution in [2.45, 2.75) is 17.5 Å². The fraction of sp³-hybridized carbons (Fsp3) is 0.278. The molecule has 1 amide bonds. The topological polar surface area (TPSA) is 47.6 Å². The fourth-order valence-corrected chi connectivity index (χ4v) is 3.12. The van der Waals surface area contributed by atoms with E-state index < -0.39 is 17.8 Å². The molecule has 4 nitrogen and oxygen atoms in total. The highest BCUT2D eigenvalue weighted by molar-refractivity contribution is 7.99. The van der Waals surface area contributed by atoms with Crippen LogP contribution in [0.3, 0.4) is 0 Å². The number of anilines is 1. The molecule has 0 spiro atoms. The molecule has 0 aliphatic carbocycles. The van der Waals surface area contributed by atoms with E-state index in [9.17, 15) is 18.0 Å². The van der Waals surface area contributed by atoms with E-state index in [0.717, 1.165) is 6.42 Å². The molecule has 0 aromatic heterocycles. The summed E-state index contributed by atoms with van der Waals surface area (Å²) in [5.41, 5.74) is 0.670. The molecule has 1 aliphatic heterocycles. The minimum absolute atomic E-state index is 0.332. The Kier molecular flexibility index (Phi) is 5.61. The number of hydrogen-bond acceptors (Lipinski definition) is 4. The number of fused-ring (bicyclic) bond motifs is 1. The van der Waals surface area contributed by atoms with E-state index >= 15 is 0 Å². The van der Waals surface area contributed by atoms with Crippen molar-refractivity contribution >= 4 is 23.4 Å². The standard InChI is InChI=1S/C18H16F3NO3S/c19-18(20,21)11-26-16-5-2-1-4-13(16)22-17(23)12-6-7-14-15(10-12)25-9-3-8-24-14/h1-2,4-7,10H,3,8-9,11H2,(H,22,23). The lowest BCUT2D eigenvalue weighted by Crippen LogP contribution is -2.14. The lowest BCUT2D eigenvalue weighted by molar-refractivity contribution is -0.105. The van der Waals surface area contributed by atoms with Gasteiger partial charge in [0, 0.05) is 16.9 Å². The third-order valence-electron chi connectivity index (χ3n) is 3.54. The Morgan fingerprint density at radius 3 is 2.58 bits per heavy atom. The average molecular weight is 383 g/mol. The first-order valence-corrected chi connectivity index (χ1v) is 8.90. The number of nitrogens with one attached hydrogen (secondary N) is 1. The summed E-state index contributed by atoms with van der Waals surface area (Å²) in [4.78, 5) is 12.9. The molecule has 0 unspecified atom stereocenters. The minimum Gasteiger partial charge on any atom is -0.490 e. The Bertz CT molecular complexity index is 795. The third kappa shape index (κ3) is 4.85. The average Bonchev–Trinajstić information content (AvgIpc) is 2.85. The Balaban J connectivity index is 1.75. The van der Waals surface area contributed by atoms with E-state index in [4.69, 9.17) is 9.47 Å². The number of thioether (sulfide) groups is 1. The van der Waals surface area contributed by atoms with Crippen molar-refractivity contribution in [3.63, 3.8) is 0 Å². The van der Waals surface area contributed by atoms with Gasteiger partial charge in [0.05, 0.1) is 24.7 Å². The number of benzene rings is 2. The number of para-hydroxylation sites is 1. The quantitative estimate of drug-likeness (QED) is 0.774. The van der Waals surface area contributed by atoms with Crippen LogP contribution in [0.25, 0.3) is 0 Å². The zero-order valence-electron chi connectivity index (χ0n) is 13.6. The predicted octanol–water partition coefficient (Wildman–Crippen LogP) is 4.75. The summed E-state index contributed by atoms with van der Waals surface area (Å²) in [6.07, 6.45) is -3.53. The molecule has 2 aromatic carbocycles. The van der Waals surface area contributed by atoms with Gasteiger partial charge in [0.15, 0.2) is 11.5 Å². The number of alkyl halides is 3. The molecule has 1 N–H and O–H groups in total. The third-order valence-corrected chi connectivity index (χ3v) is 4.67. The number of halogens is 3. The summed E-state index contributed by atoms with van der Waals surface area (Å²) < 4.78 is 48.5. The summed E-state index contributed by atoms with van der Waals surface area (Å²) in [6, 6.07) is 11.2. The fourth-order valence-electron chi connectivity index (χ4n) is 2.35. The van der Waals surface area contributed by atoms with Gasteiger partial charge in [-0.25, -0.2) is 0 Å². The highest BCUT2D eigenvalue weighted by Crippen LogP contribution is 2.33. The summed E-state index contributed by atoms with van der Waals surface area (Å²) in [5, 5.41) is 2.66. The normalized spacial score (nSPS) is 13.8. The second kappa shape index (κ2) is 7.90. The number of hydrogen-bond donors (Lipinski definition) is 1. The Labute approximate surface area is 152 Å². The number of carbonyl (C=O) groups is 1. The van der Waals surface area contributed by atoms with Gasteiger partial charge in [-0.2, -0.15) is 13.2 Å². The van der Waals surface area contributed by atoms with Crippen LogP contribution in [0.2, 0.25) is 0 Å². The molecule has 1 aliphatic rings. The van der Waals surface area contributed by atoms with Gasteiger partial charge in [-0.3, -0.25) is 4.79 Å². The van der Waals surface area contributed by atoms with Crippen LogP contribution in [0.4, 0.5) is 18.9 Å². The smallest absolute Gasteiger partial charge is 0.398 e. The molecule has 8 heteroatoms. The van der Waals surface area contributed by atoms with Gasteiger partial charge >= 0.3 is 6.18 Å². The van der Waals surface area contributed by atoms with Gasteiger partial charge in [-0.15, -0.1) is 11.8 Å². The van der Waals surface area contributed by atoms with Crippen LogP contribution >= 0.6 is 11.8 Å². The zero-order chi connectivity index (χ0) is 18.6. The number of ether oxygens (including phenoxy) is 2. The molecule has 0 fully saturated rings. The molecular formula is C18H16F3NO3S. The van der Waals surface area contributed by atoms with Gasteiger partial charge in [-0.1, -0.05) is 12.1 Å². The number of amides is 1. The zero-order valence-corrected chi connectivity index (χ0v) is 14.5. The van der Waals surface area contributed by atoms with Gasteiger partial charge in [0.1, 0.15) is 0 Å². The van der Waals surface area contributed by atoms with Gasteiger partial charge < -0.3 is 14.8 Å². The van der Waals surface area contributed by atoms with Crippen LogP contribution in [-0.4, -0.2) is 31.1 Å².